The van der Waals surface area contributed by atoms with Gasteiger partial charge in [-0.25, -0.2) is 0 Å². The summed E-state index contributed by atoms with van der Waals surface area (Å²) in [5, 5.41) is 21.2. The predicted octanol–water partition coefficient (Wildman–Crippen LogP) is 3.52. The topological polar surface area (TPSA) is 66.8 Å². The summed E-state index contributed by atoms with van der Waals surface area (Å²) in [7, 11) is 1.59. The van der Waals surface area contributed by atoms with E-state index in [0.29, 0.717) is 17.1 Å². The van der Waals surface area contributed by atoms with Crippen LogP contribution in [0.25, 0.3) is 10.8 Å². The van der Waals surface area contributed by atoms with Gasteiger partial charge < -0.3 is 14.9 Å². The first-order valence-electron chi connectivity index (χ1n) is 7.12. The minimum absolute atomic E-state index is 0.0632. The average molecular weight is 286 g/mol. The zero-order chi connectivity index (χ0) is 15.0. The van der Waals surface area contributed by atoms with E-state index in [1.807, 2.05) is 30.3 Å². The van der Waals surface area contributed by atoms with Gasteiger partial charge in [-0.2, -0.15) is 0 Å². The number of aromatic hydroxyl groups is 1. The first-order chi connectivity index (χ1) is 10.1. The fourth-order valence-corrected chi connectivity index (χ4v) is 3.02. The zero-order valence-corrected chi connectivity index (χ0v) is 11.9. The number of fused-ring (bicyclic) bond motifs is 1. The molecular weight excluding hydrogens is 268 g/mol. The van der Waals surface area contributed by atoms with E-state index in [1.165, 1.54) is 0 Å². The van der Waals surface area contributed by atoms with Gasteiger partial charge in [0, 0.05) is 16.7 Å². The Labute approximate surface area is 123 Å². The second kappa shape index (κ2) is 5.28. The number of methoxy groups -OCH3 is 1. The summed E-state index contributed by atoms with van der Waals surface area (Å²) < 4.78 is 5.30. The van der Waals surface area contributed by atoms with Crippen molar-refractivity contribution in [3.05, 3.63) is 35.9 Å². The van der Waals surface area contributed by atoms with Crippen molar-refractivity contribution in [3.8, 4) is 11.5 Å². The molecule has 0 radical (unpaired) electrons. The van der Waals surface area contributed by atoms with E-state index in [4.69, 9.17) is 9.84 Å². The molecule has 1 atom stereocenters. The van der Waals surface area contributed by atoms with Crippen LogP contribution in [0.15, 0.2) is 30.3 Å². The molecule has 110 valence electrons. The number of ether oxygens (including phenoxy) is 1. The monoisotopic (exact) mass is 286 g/mol. The standard InChI is InChI=1S/C17H18O4/c1-21-15-4-2-3-12-11(15)7-8-13(17(12)20)14(9-16(18)19)10-5-6-10/h2-4,7-8,10,14,20H,5-6,9H2,1H3,(H,18,19). The molecule has 4 nitrogen and oxygen atoms in total. The smallest absolute Gasteiger partial charge is 0.303 e. The number of benzene rings is 2. The third-order valence-electron chi connectivity index (χ3n) is 4.23. The van der Waals surface area contributed by atoms with Crippen LogP contribution in [0.3, 0.4) is 0 Å². The van der Waals surface area contributed by atoms with Crippen LogP contribution < -0.4 is 4.74 Å². The molecule has 21 heavy (non-hydrogen) atoms. The van der Waals surface area contributed by atoms with Crippen LogP contribution in [-0.4, -0.2) is 23.3 Å². The lowest BCUT2D eigenvalue weighted by molar-refractivity contribution is -0.137. The minimum Gasteiger partial charge on any atom is -0.507 e. The van der Waals surface area contributed by atoms with Gasteiger partial charge in [0.2, 0.25) is 0 Å². The highest BCUT2D eigenvalue weighted by molar-refractivity contribution is 5.94. The molecule has 1 unspecified atom stereocenters. The van der Waals surface area contributed by atoms with Crippen LogP contribution in [0, 0.1) is 5.92 Å². The summed E-state index contributed by atoms with van der Waals surface area (Å²) in [6.45, 7) is 0. The molecule has 0 saturated heterocycles. The number of hydrogen-bond donors (Lipinski definition) is 2. The summed E-state index contributed by atoms with van der Waals surface area (Å²) in [6, 6.07) is 9.25. The fraction of sp³-hybridized carbons (Fsp3) is 0.353. The van der Waals surface area contributed by atoms with Crippen molar-refractivity contribution in [2.24, 2.45) is 5.92 Å². The molecule has 1 aliphatic carbocycles. The summed E-state index contributed by atoms with van der Waals surface area (Å²) in [5.41, 5.74) is 0.737. The Bertz CT molecular complexity index is 688. The molecule has 2 aromatic carbocycles. The molecule has 1 aliphatic rings. The summed E-state index contributed by atoms with van der Waals surface area (Å²) in [5.74, 6) is 0.324. The van der Waals surface area contributed by atoms with Crippen LogP contribution in [0.5, 0.6) is 11.5 Å². The Morgan fingerprint density at radius 3 is 2.67 bits per heavy atom. The summed E-state index contributed by atoms with van der Waals surface area (Å²) >= 11 is 0. The van der Waals surface area contributed by atoms with Crippen molar-refractivity contribution in [1.82, 2.24) is 0 Å². The Hall–Kier alpha value is -2.23. The van der Waals surface area contributed by atoms with Gasteiger partial charge in [0.15, 0.2) is 0 Å². The number of carboxylic acid groups (broad SMARTS) is 1. The minimum atomic E-state index is -0.822. The van der Waals surface area contributed by atoms with Crippen LogP contribution in [0.4, 0.5) is 0 Å². The second-order valence-electron chi connectivity index (χ2n) is 5.60. The average Bonchev–Trinajstić information content (AvgIpc) is 3.29. The van der Waals surface area contributed by atoms with Crippen LogP contribution >= 0.6 is 0 Å². The quantitative estimate of drug-likeness (QED) is 0.882. The molecule has 0 amide bonds. The number of rotatable bonds is 5. The number of carboxylic acids is 1. The lowest BCUT2D eigenvalue weighted by Crippen LogP contribution is -2.08. The fourth-order valence-electron chi connectivity index (χ4n) is 3.02. The second-order valence-corrected chi connectivity index (χ2v) is 5.60. The largest absolute Gasteiger partial charge is 0.507 e. The van der Waals surface area contributed by atoms with Gasteiger partial charge in [0.05, 0.1) is 13.5 Å². The number of phenols is 1. The van der Waals surface area contributed by atoms with E-state index in [9.17, 15) is 9.90 Å². The molecule has 0 aliphatic heterocycles. The number of phenolic OH excluding ortho intramolecular Hbond substituents is 1. The summed E-state index contributed by atoms with van der Waals surface area (Å²) in [4.78, 5) is 11.1. The lowest BCUT2D eigenvalue weighted by Gasteiger charge is -2.18. The van der Waals surface area contributed by atoms with Crippen molar-refractivity contribution in [2.75, 3.05) is 7.11 Å². The lowest BCUT2D eigenvalue weighted by atomic mass is 9.88. The Morgan fingerprint density at radius 1 is 1.29 bits per heavy atom. The molecule has 0 bridgehead atoms. The van der Waals surface area contributed by atoms with Crippen molar-refractivity contribution in [3.63, 3.8) is 0 Å². The Balaban J connectivity index is 2.10. The van der Waals surface area contributed by atoms with E-state index in [1.54, 1.807) is 7.11 Å². The van der Waals surface area contributed by atoms with Crippen LogP contribution in [0.2, 0.25) is 0 Å². The van der Waals surface area contributed by atoms with Gasteiger partial charge in [-0.3, -0.25) is 4.79 Å². The van der Waals surface area contributed by atoms with Gasteiger partial charge in [-0.15, -0.1) is 0 Å². The number of aliphatic carboxylic acids is 1. The molecule has 4 heteroatoms. The molecule has 1 saturated carbocycles. The third kappa shape index (κ3) is 2.53. The molecular formula is C17H18O4. The van der Waals surface area contributed by atoms with Crippen molar-refractivity contribution >= 4 is 16.7 Å². The van der Waals surface area contributed by atoms with Crippen molar-refractivity contribution < 1.29 is 19.7 Å². The molecule has 2 N–H and O–H groups in total. The van der Waals surface area contributed by atoms with Crippen molar-refractivity contribution in [1.29, 1.82) is 0 Å². The third-order valence-corrected chi connectivity index (χ3v) is 4.23. The highest BCUT2D eigenvalue weighted by Gasteiger charge is 2.35. The van der Waals surface area contributed by atoms with Gasteiger partial charge in [-0.05, 0) is 30.4 Å². The number of carbonyl (C=O) groups is 1. The maximum absolute atomic E-state index is 11.1. The number of hydrogen-bond acceptors (Lipinski definition) is 3. The highest BCUT2D eigenvalue weighted by atomic mass is 16.5. The van der Waals surface area contributed by atoms with E-state index in [0.717, 1.165) is 23.8 Å². The molecule has 2 aromatic rings. The molecule has 1 fully saturated rings. The molecule has 3 rings (SSSR count). The van der Waals surface area contributed by atoms with Gasteiger partial charge in [0.1, 0.15) is 11.5 Å². The van der Waals surface area contributed by atoms with Crippen molar-refractivity contribution in [2.45, 2.75) is 25.2 Å². The maximum atomic E-state index is 11.1. The molecule has 0 spiro atoms. The Morgan fingerprint density at radius 2 is 2.05 bits per heavy atom. The zero-order valence-electron chi connectivity index (χ0n) is 11.9. The van der Waals surface area contributed by atoms with Crippen LogP contribution in [-0.2, 0) is 4.79 Å². The first-order valence-corrected chi connectivity index (χ1v) is 7.12. The molecule has 0 heterocycles. The van der Waals surface area contributed by atoms with E-state index >= 15 is 0 Å². The first kappa shape index (κ1) is 13.7. The van der Waals surface area contributed by atoms with Gasteiger partial charge in [0.25, 0.3) is 0 Å². The normalized spacial score (nSPS) is 15.9. The van der Waals surface area contributed by atoms with Gasteiger partial charge >= 0.3 is 5.97 Å². The van der Waals surface area contributed by atoms with E-state index < -0.39 is 5.97 Å². The summed E-state index contributed by atoms with van der Waals surface area (Å²) in [6.07, 6.45) is 2.13. The highest BCUT2D eigenvalue weighted by Crippen LogP contribution is 2.48. The predicted molar refractivity (Wildman–Crippen MR) is 79.9 cm³/mol. The van der Waals surface area contributed by atoms with E-state index in [2.05, 4.69) is 0 Å². The van der Waals surface area contributed by atoms with Gasteiger partial charge in [-0.1, -0.05) is 24.3 Å². The molecule has 0 aromatic heterocycles. The maximum Gasteiger partial charge on any atom is 0.303 e. The van der Waals surface area contributed by atoms with E-state index in [-0.39, 0.29) is 18.1 Å². The SMILES string of the molecule is COc1cccc2c(O)c(C(CC(=O)O)C3CC3)ccc12. The van der Waals surface area contributed by atoms with Crippen LogP contribution in [0.1, 0.15) is 30.7 Å². The Kier molecular flexibility index (Phi) is 3.45.